The Morgan fingerprint density at radius 2 is 1.96 bits per heavy atom. The fourth-order valence-electron chi connectivity index (χ4n) is 3.41. The lowest BCUT2D eigenvalue weighted by Gasteiger charge is -2.08. The van der Waals surface area contributed by atoms with Crippen molar-refractivity contribution in [2.45, 2.75) is 26.2 Å². The molecule has 6 heteroatoms. The summed E-state index contributed by atoms with van der Waals surface area (Å²) in [5, 5.41) is 4.11. The first-order valence-electron chi connectivity index (χ1n) is 9.32. The second-order valence-corrected chi connectivity index (χ2v) is 6.91. The maximum Gasteiger partial charge on any atom is 0.216 e. The smallest absolute Gasteiger partial charge is 0.216 e. The van der Waals surface area contributed by atoms with Gasteiger partial charge in [-0.15, -0.1) is 0 Å². The Morgan fingerprint density at radius 3 is 2.79 bits per heavy atom. The van der Waals surface area contributed by atoms with Crippen LogP contribution in [-0.2, 0) is 19.3 Å². The van der Waals surface area contributed by atoms with Crippen LogP contribution in [-0.4, -0.2) is 27.0 Å². The molecule has 5 nitrogen and oxygen atoms in total. The fourth-order valence-corrected chi connectivity index (χ4v) is 3.41. The first-order valence-corrected chi connectivity index (χ1v) is 9.32. The van der Waals surface area contributed by atoms with E-state index in [-0.39, 0.29) is 0 Å². The first kappa shape index (κ1) is 18.1. The fraction of sp³-hybridized carbons (Fsp3) is 0.227. The highest BCUT2D eigenvalue weighted by Gasteiger charge is 2.11. The molecule has 142 valence electrons. The van der Waals surface area contributed by atoms with E-state index < -0.39 is 5.95 Å². The summed E-state index contributed by atoms with van der Waals surface area (Å²) in [6, 6.07) is 9.75. The van der Waals surface area contributed by atoms with Crippen LogP contribution in [0, 0.1) is 12.9 Å². The molecule has 0 aliphatic carbocycles. The Kier molecular flexibility index (Phi) is 5.02. The molecule has 0 bridgehead atoms. The van der Waals surface area contributed by atoms with Crippen LogP contribution in [0.2, 0.25) is 0 Å². The van der Waals surface area contributed by atoms with Gasteiger partial charge in [0.25, 0.3) is 0 Å². The van der Waals surface area contributed by atoms with Crippen molar-refractivity contribution in [1.82, 2.24) is 19.9 Å². The van der Waals surface area contributed by atoms with Gasteiger partial charge in [-0.2, -0.15) is 4.39 Å². The van der Waals surface area contributed by atoms with Crippen molar-refractivity contribution in [2.75, 3.05) is 12.4 Å². The lowest BCUT2D eigenvalue weighted by Crippen LogP contribution is -2.03. The topological polar surface area (TPSA) is 66.5 Å². The highest BCUT2D eigenvalue weighted by molar-refractivity contribution is 5.80. The summed E-state index contributed by atoms with van der Waals surface area (Å²) in [5.41, 5.74) is 5.35. The normalized spacial score (nSPS) is 11.1. The van der Waals surface area contributed by atoms with Gasteiger partial charge < -0.3 is 10.3 Å². The van der Waals surface area contributed by atoms with Crippen LogP contribution in [0.4, 0.5) is 10.2 Å². The van der Waals surface area contributed by atoms with Crippen molar-refractivity contribution in [3.63, 3.8) is 0 Å². The molecule has 0 saturated heterocycles. The van der Waals surface area contributed by atoms with Crippen molar-refractivity contribution in [3.8, 4) is 0 Å². The van der Waals surface area contributed by atoms with Crippen molar-refractivity contribution in [3.05, 3.63) is 82.8 Å². The second kappa shape index (κ2) is 7.76. The van der Waals surface area contributed by atoms with Gasteiger partial charge in [0.15, 0.2) is 0 Å². The number of H-pyrrole nitrogens is 1. The Labute approximate surface area is 163 Å². The van der Waals surface area contributed by atoms with Gasteiger partial charge in [0, 0.05) is 48.7 Å². The molecule has 4 heterocycles. The molecule has 0 aliphatic heterocycles. The van der Waals surface area contributed by atoms with Gasteiger partial charge in [-0.3, -0.25) is 0 Å². The van der Waals surface area contributed by atoms with Gasteiger partial charge in [-0.1, -0.05) is 12.1 Å². The summed E-state index contributed by atoms with van der Waals surface area (Å²) in [4.78, 5) is 16.0. The molecule has 0 aromatic carbocycles. The van der Waals surface area contributed by atoms with Crippen molar-refractivity contribution < 1.29 is 4.39 Å². The van der Waals surface area contributed by atoms with Crippen LogP contribution in [0.5, 0.6) is 0 Å². The average molecular weight is 375 g/mol. The molecule has 0 spiro atoms. The number of hydrogen-bond donors (Lipinski definition) is 2. The molecule has 0 atom stereocenters. The van der Waals surface area contributed by atoms with E-state index in [1.807, 2.05) is 50.6 Å². The third-order valence-corrected chi connectivity index (χ3v) is 4.90. The number of rotatable bonds is 6. The Bertz CT molecular complexity index is 1120. The van der Waals surface area contributed by atoms with Crippen molar-refractivity contribution >= 4 is 16.9 Å². The highest BCUT2D eigenvalue weighted by atomic mass is 19.1. The van der Waals surface area contributed by atoms with Crippen molar-refractivity contribution in [1.29, 1.82) is 0 Å². The largest absolute Gasteiger partial charge is 0.373 e. The molecule has 0 amide bonds. The zero-order valence-corrected chi connectivity index (χ0v) is 16.0. The summed E-state index contributed by atoms with van der Waals surface area (Å²) in [7, 11) is 1.85. The van der Waals surface area contributed by atoms with Crippen LogP contribution in [0.15, 0.2) is 48.9 Å². The van der Waals surface area contributed by atoms with Crippen LogP contribution in [0.1, 0.15) is 27.9 Å². The van der Waals surface area contributed by atoms with Gasteiger partial charge in [0.2, 0.25) is 5.95 Å². The molecule has 2 N–H and O–H groups in total. The third kappa shape index (κ3) is 3.71. The lowest BCUT2D eigenvalue weighted by molar-refractivity contribution is 0.563. The number of nitrogens with zero attached hydrogens (tertiary/aromatic N) is 3. The molecular formula is C22H22FN5. The van der Waals surface area contributed by atoms with E-state index in [2.05, 4.69) is 31.3 Å². The van der Waals surface area contributed by atoms with E-state index in [0.29, 0.717) is 18.4 Å². The summed E-state index contributed by atoms with van der Waals surface area (Å²) < 4.78 is 14.6. The highest BCUT2D eigenvalue weighted by Crippen LogP contribution is 2.22. The number of fused-ring (bicyclic) bond motifs is 1. The van der Waals surface area contributed by atoms with Gasteiger partial charge in [0.1, 0.15) is 11.5 Å². The number of aryl methyl sites for hydroxylation is 3. The molecule has 28 heavy (non-hydrogen) atoms. The Balaban J connectivity index is 1.50. The van der Waals surface area contributed by atoms with E-state index in [9.17, 15) is 4.39 Å². The zero-order chi connectivity index (χ0) is 19.5. The number of aromatic nitrogens is 4. The predicted octanol–water partition coefficient (Wildman–Crippen LogP) is 4.22. The molecule has 0 fully saturated rings. The maximum absolute atomic E-state index is 14.6. The van der Waals surface area contributed by atoms with Crippen LogP contribution >= 0.6 is 0 Å². The summed E-state index contributed by atoms with van der Waals surface area (Å²) in [5.74, 6) is 0.440. The molecule has 0 aliphatic rings. The average Bonchev–Trinajstić information content (AvgIpc) is 3.10. The lowest BCUT2D eigenvalue weighted by atomic mass is 10.0. The van der Waals surface area contributed by atoms with E-state index in [1.165, 1.54) is 0 Å². The minimum atomic E-state index is -0.410. The zero-order valence-electron chi connectivity index (χ0n) is 16.0. The monoisotopic (exact) mass is 375 g/mol. The summed E-state index contributed by atoms with van der Waals surface area (Å²) >= 11 is 0. The molecule has 0 saturated carbocycles. The number of halogens is 1. The van der Waals surface area contributed by atoms with E-state index >= 15 is 0 Å². The quantitative estimate of drug-likeness (QED) is 0.495. The molecular weight excluding hydrogens is 353 g/mol. The van der Waals surface area contributed by atoms with Gasteiger partial charge in [0.05, 0.1) is 0 Å². The van der Waals surface area contributed by atoms with Gasteiger partial charge >= 0.3 is 0 Å². The standard InChI is InChI=1S/C22H22FN5/c1-14-10-19-17(13-27-22(19)26-12-14)11-16-6-8-18(28-20(16)23)7-5-15-4-3-9-25-21(15)24-2/h3-4,6,8-10,12-13H,5,7,11H2,1-2H3,(H,24,25)(H,26,27). The molecule has 0 unspecified atom stereocenters. The maximum atomic E-state index is 14.6. The first-order chi connectivity index (χ1) is 13.6. The summed E-state index contributed by atoms with van der Waals surface area (Å²) in [6.45, 7) is 2.00. The van der Waals surface area contributed by atoms with Crippen molar-refractivity contribution in [2.24, 2.45) is 0 Å². The number of hydrogen-bond acceptors (Lipinski definition) is 4. The number of anilines is 1. The molecule has 4 rings (SSSR count). The number of pyridine rings is 3. The van der Waals surface area contributed by atoms with Crippen LogP contribution in [0.3, 0.4) is 0 Å². The number of aromatic amines is 1. The Hall–Kier alpha value is -3.28. The molecule has 4 aromatic rings. The number of nitrogens with one attached hydrogen (secondary N) is 2. The summed E-state index contributed by atoms with van der Waals surface area (Å²) in [6.07, 6.45) is 7.37. The van der Waals surface area contributed by atoms with E-state index in [1.54, 1.807) is 6.20 Å². The van der Waals surface area contributed by atoms with E-state index in [0.717, 1.165) is 45.7 Å². The third-order valence-electron chi connectivity index (χ3n) is 4.90. The van der Waals surface area contributed by atoms with Crippen LogP contribution < -0.4 is 5.32 Å². The predicted molar refractivity (Wildman–Crippen MR) is 109 cm³/mol. The molecule has 4 aromatic heterocycles. The van der Waals surface area contributed by atoms with Crippen LogP contribution in [0.25, 0.3) is 11.0 Å². The second-order valence-electron chi connectivity index (χ2n) is 6.91. The Morgan fingerprint density at radius 1 is 1.07 bits per heavy atom. The van der Waals surface area contributed by atoms with E-state index in [4.69, 9.17) is 0 Å². The minimum Gasteiger partial charge on any atom is -0.373 e. The van der Waals surface area contributed by atoms with Gasteiger partial charge in [-0.25, -0.2) is 15.0 Å². The molecule has 0 radical (unpaired) electrons. The minimum absolute atomic E-state index is 0.410. The van der Waals surface area contributed by atoms with Gasteiger partial charge in [-0.05, 0) is 54.7 Å². The SMILES string of the molecule is CNc1ncccc1CCc1ccc(Cc2c[nH]c3ncc(C)cc23)c(F)n1.